The Kier molecular flexibility index (Phi) is 6.59. The summed E-state index contributed by atoms with van der Waals surface area (Å²) in [5.41, 5.74) is 0.567. The van der Waals surface area contributed by atoms with Crippen molar-refractivity contribution in [3.05, 3.63) is 35.4 Å². The van der Waals surface area contributed by atoms with Crippen molar-refractivity contribution in [1.29, 1.82) is 0 Å². The number of carbonyl (C=O) groups is 2. The molecule has 1 aromatic rings. The van der Waals surface area contributed by atoms with Gasteiger partial charge in [-0.3, -0.25) is 4.79 Å². The average Bonchev–Trinajstić information content (AvgIpc) is 2.62. The largest absolute Gasteiger partial charge is 0.463 e. The summed E-state index contributed by atoms with van der Waals surface area (Å²) in [6.07, 6.45) is 2.35. The second-order valence-electron chi connectivity index (χ2n) is 6.58. The highest BCUT2D eigenvalue weighted by molar-refractivity contribution is 5.86. The Morgan fingerprint density at radius 2 is 2.00 bits per heavy atom. The molecule has 0 saturated heterocycles. The lowest BCUT2D eigenvalue weighted by atomic mass is 9.81. The van der Waals surface area contributed by atoms with Crippen LogP contribution in [0.25, 0.3) is 0 Å². The molecular formula is C20H28O5. The van der Waals surface area contributed by atoms with Crippen LogP contribution in [0, 0.1) is 6.92 Å². The lowest BCUT2D eigenvalue weighted by Gasteiger charge is -2.40. The number of carbonyl (C=O) groups excluding carboxylic acids is 2. The van der Waals surface area contributed by atoms with Gasteiger partial charge in [-0.1, -0.05) is 30.7 Å². The SMILES string of the molecule is CCOC(=O)C1(OC(=O)C(C)c2ccccc2C)CCCCC1OC. The van der Waals surface area contributed by atoms with E-state index in [0.717, 1.165) is 24.0 Å². The molecule has 1 aliphatic carbocycles. The molecule has 1 saturated carbocycles. The normalized spacial score (nSPS) is 24.4. The summed E-state index contributed by atoms with van der Waals surface area (Å²) in [7, 11) is 1.54. The zero-order valence-corrected chi connectivity index (χ0v) is 15.5. The molecule has 0 spiro atoms. The molecule has 0 aromatic heterocycles. The molecule has 1 aliphatic rings. The first-order valence-electron chi connectivity index (χ1n) is 8.94. The summed E-state index contributed by atoms with van der Waals surface area (Å²) < 4.78 is 16.6. The summed E-state index contributed by atoms with van der Waals surface area (Å²) in [4.78, 5) is 25.5. The van der Waals surface area contributed by atoms with E-state index in [0.29, 0.717) is 12.8 Å². The van der Waals surface area contributed by atoms with Crippen LogP contribution in [0.2, 0.25) is 0 Å². The number of esters is 2. The highest BCUT2D eigenvalue weighted by atomic mass is 16.6. The molecule has 0 aliphatic heterocycles. The zero-order valence-electron chi connectivity index (χ0n) is 15.5. The van der Waals surface area contributed by atoms with E-state index in [1.165, 1.54) is 0 Å². The fourth-order valence-corrected chi connectivity index (χ4v) is 3.53. The van der Waals surface area contributed by atoms with E-state index >= 15 is 0 Å². The summed E-state index contributed by atoms with van der Waals surface area (Å²) >= 11 is 0. The molecule has 2 rings (SSSR count). The maximum absolute atomic E-state index is 12.9. The Balaban J connectivity index is 2.28. The molecular weight excluding hydrogens is 320 g/mol. The quantitative estimate of drug-likeness (QED) is 0.736. The van der Waals surface area contributed by atoms with E-state index in [2.05, 4.69) is 0 Å². The second kappa shape index (κ2) is 8.48. The van der Waals surface area contributed by atoms with Crippen LogP contribution in [-0.2, 0) is 23.8 Å². The Morgan fingerprint density at radius 1 is 1.28 bits per heavy atom. The lowest BCUT2D eigenvalue weighted by molar-refractivity contribution is -0.205. The topological polar surface area (TPSA) is 61.8 Å². The summed E-state index contributed by atoms with van der Waals surface area (Å²) in [6, 6.07) is 7.69. The molecule has 0 bridgehead atoms. The highest BCUT2D eigenvalue weighted by Gasteiger charge is 2.53. The standard InChI is InChI=1S/C20H28O5/c1-5-24-19(22)20(13-9-8-12-17(20)23-4)25-18(21)15(3)16-11-7-6-10-14(16)2/h6-7,10-11,15,17H,5,8-9,12-13H2,1-4H3. The fraction of sp³-hybridized carbons (Fsp3) is 0.600. The minimum absolute atomic E-state index is 0.238. The van der Waals surface area contributed by atoms with Gasteiger partial charge < -0.3 is 14.2 Å². The predicted molar refractivity (Wildman–Crippen MR) is 94.3 cm³/mol. The van der Waals surface area contributed by atoms with Crippen LogP contribution in [0.4, 0.5) is 0 Å². The fourth-order valence-electron chi connectivity index (χ4n) is 3.53. The smallest absolute Gasteiger partial charge is 0.353 e. The number of hydrogen-bond acceptors (Lipinski definition) is 5. The van der Waals surface area contributed by atoms with Gasteiger partial charge in [0.1, 0.15) is 6.10 Å². The third-order valence-corrected chi connectivity index (χ3v) is 4.98. The van der Waals surface area contributed by atoms with Gasteiger partial charge in [0.25, 0.3) is 0 Å². The van der Waals surface area contributed by atoms with Gasteiger partial charge in [0.05, 0.1) is 12.5 Å². The monoisotopic (exact) mass is 348 g/mol. The van der Waals surface area contributed by atoms with Crippen LogP contribution in [0.15, 0.2) is 24.3 Å². The summed E-state index contributed by atoms with van der Waals surface area (Å²) in [5.74, 6) is -1.40. The van der Waals surface area contributed by atoms with E-state index < -0.39 is 29.6 Å². The number of hydrogen-bond donors (Lipinski definition) is 0. The van der Waals surface area contributed by atoms with Crippen LogP contribution in [-0.4, -0.2) is 37.4 Å². The summed E-state index contributed by atoms with van der Waals surface area (Å²) in [6.45, 7) is 5.74. The van der Waals surface area contributed by atoms with Gasteiger partial charge in [-0.15, -0.1) is 0 Å². The van der Waals surface area contributed by atoms with Crippen molar-refractivity contribution in [3.8, 4) is 0 Å². The van der Waals surface area contributed by atoms with Gasteiger partial charge in [-0.05, 0) is 44.7 Å². The van der Waals surface area contributed by atoms with Gasteiger partial charge in [-0.25, -0.2) is 4.79 Å². The van der Waals surface area contributed by atoms with Crippen molar-refractivity contribution >= 4 is 11.9 Å². The molecule has 0 amide bonds. The van der Waals surface area contributed by atoms with Crippen molar-refractivity contribution in [2.24, 2.45) is 0 Å². The van der Waals surface area contributed by atoms with Crippen molar-refractivity contribution in [2.75, 3.05) is 13.7 Å². The second-order valence-corrected chi connectivity index (χ2v) is 6.58. The Labute approximate surface area is 149 Å². The third kappa shape index (κ3) is 4.03. The summed E-state index contributed by atoms with van der Waals surface area (Å²) in [5, 5.41) is 0. The van der Waals surface area contributed by atoms with Crippen molar-refractivity contribution in [2.45, 2.75) is 64.1 Å². The van der Waals surface area contributed by atoms with E-state index in [1.54, 1.807) is 21.0 Å². The van der Waals surface area contributed by atoms with E-state index in [4.69, 9.17) is 14.2 Å². The zero-order chi connectivity index (χ0) is 18.4. The maximum Gasteiger partial charge on any atom is 0.353 e. The van der Waals surface area contributed by atoms with Gasteiger partial charge in [-0.2, -0.15) is 0 Å². The van der Waals surface area contributed by atoms with Crippen LogP contribution in [0.5, 0.6) is 0 Å². The Hall–Kier alpha value is -1.88. The average molecular weight is 348 g/mol. The van der Waals surface area contributed by atoms with Crippen LogP contribution >= 0.6 is 0 Å². The molecule has 0 N–H and O–H groups in total. The molecule has 138 valence electrons. The van der Waals surface area contributed by atoms with E-state index in [1.807, 2.05) is 31.2 Å². The Bertz CT molecular complexity index is 612. The van der Waals surface area contributed by atoms with Crippen LogP contribution in [0.3, 0.4) is 0 Å². The minimum Gasteiger partial charge on any atom is -0.463 e. The Morgan fingerprint density at radius 3 is 2.64 bits per heavy atom. The van der Waals surface area contributed by atoms with Crippen molar-refractivity contribution < 1.29 is 23.8 Å². The minimum atomic E-state index is -1.35. The van der Waals surface area contributed by atoms with E-state index in [-0.39, 0.29) is 6.61 Å². The van der Waals surface area contributed by atoms with Gasteiger partial charge in [0.15, 0.2) is 0 Å². The number of ether oxygens (including phenoxy) is 3. The number of rotatable bonds is 6. The molecule has 3 unspecified atom stereocenters. The first kappa shape index (κ1) is 19.4. The number of aryl methyl sites for hydroxylation is 1. The molecule has 1 aromatic carbocycles. The number of benzene rings is 1. The lowest BCUT2D eigenvalue weighted by Crippen LogP contribution is -2.56. The molecule has 0 heterocycles. The van der Waals surface area contributed by atoms with Crippen molar-refractivity contribution in [3.63, 3.8) is 0 Å². The first-order chi connectivity index (χ1) is 12.0. The van der Waals surface area contributed by atoms with Gasteiger partial charge >= 0.3 is 11.9 Å². The molecule has 3 atom stereocenters. The molecule has 5 nitrogen and oxygen atoms in total. The predicted octanol–water partition coefficient (Wildman–Crippen LogP) is 3.53. The first-order valence-corrected chi connectivity index (χ1v) is 8.94. The molecule has 0 radical (unpaired) electrons. The highest BCUT2D eigenvalue weighted by Crippen LogP contribution is 2.37. The maximum atomic E-state index is 12.9. The van der Waals surface area contributed by atoms with Crippen LogP contribution in [0.1, 0.15) is 56.6 Å². The molecule has 1 fully saturated rings. The van der Waals surface area contributed by atoms with Gasteiger partial charge in [0.2, 0.25) is 5.60 Å². The third-order valence-electron chi connectivity index (χ3n) is 4.98. The van der Waals surface area contributed by atoms with E-state index in [9.17, 15) is 9.59 Å². The molecule has 5 heteroatoms. The van der Waals surface area contributed by atoms with Crippen LogP contribution < -0.4 is 0 Å². The van der Waals surface area contributed by atoms with Gasteiger partial charge in [0, 0.05) is 13.5 Å². The molecule has 25 heavy (non-hydrogen) atoms. The number of methoxy groups -OCH3 is 1. The van der Waals surface area contributed by atoms with Crippen molar-refractivity contribution in [1.82, 2.24) is 0 Å².